The minimum absolute atomic E-state index is 0.00428. The predicted octanol–water partition coefficient (Wildman–Crippen LogP) is 5.17. The lowest BCUT2D eigenvalue weighted by Crippen LogP contribution is -2.39. The van der Waals surface area contributed by atoms with Crippen molar-refractivity contribution in [2.75, 3.05) is 19.8 Å². The summed E-state index contributed by atoms with van der Waals surface area (Å²) < 4.78 is 35.9. The van der Waals surface area contributed by atoms with Gasteiger partial charge in [-0.05, 0) is 56.7 Å². The zero-order valence-electron chi connectivity index (χ0n) is 24.4. The van der Waals surface area contributed by atoms with E-state index in [1.54, 1.807) is 26.8 Å². The van der Waals surface area contributed by atoms with Crippen molar-refractivity contribution in [2.24, 2.45) is 17.6 Å². The zero-order chi connectivity index (χ0) is 30.2. The van der Waals surface area contributed by atoms with Gasteiger partial charge in [0, 0.05) is 0 Å². The van der Waals surface area contributed by atoms with Gasteiger partial charge in [0.25, 0.3) is 0 Å². The van der Waals surface area contributed by atoms with Crippen molar-refractivity contribution in [2.45, 2.75) is 86.0 Å². The van der Waals surface area contributed by atoms with Crippen LogP contribution in [0, 0.1) is 11.8 Å². The van der Waals surface area contributed by atoms with E-state index >= 15 is 0 Å². The van der Waals surface area contributed by atoms with Crippen molar-refractivity contribution in [3.05, 3.63) is 23.8 Å². The Balaban J connectivity index is 2.95. The highest BCUT2D eigenvalue weighted by molar-refractivity contribution is 5.76. The molecule has 0 saturated carbocycles. The summed E-state index contributed by atoms with van der Waals surface area (Å²) in [5, 5.41) is 0. The first-order chi connectivity index (χ1) is 18.9. The average Bonchev–Trinajstić information content (AvgIpc) is 2.91. The van der Waals surface area contributed by atoms with Gasteiger partial charge in [-0.3, -0.25) is 4.79 Å². The number of ether oxygens (including phenoxy) is 7. The van der Waals surface area contributed by atoms with Gasteiger partial charge in [-0.1, -0.05) is 46.6 Å². The number of esters is 1. The maximum Gasteiger partial charge on any atom is 0.513 e. The molecule has 0 amide bonds. The SMILES string of the molecule is CCOC(=O)O[C@@H](C)[C@H](C)OC(=O)[C@@H](N)Cc1ccc(OC(=O)OCC(C)CC)c(OC(=O)OCC(C)CC)c1. The average molecular weight is 570 g/mol. The van der Waals surface area contributed by atoms with Crippen molar-refractivity contribution in [1.82, 2.24) is 0 Å². The third kappa shape index (κ3) is 13.0. The maximum atomic E-state index is 12.6. The molecule has 0 aliphatic rings. The number of rotatable bonds is 15. The summed E-state index contributed by atoms with van der Waals surface area (Å²) in [5.74, 6) is -0.659. The number of hydrogen-bond donors (Lipinski definition) is 1. The lowest BCUT2D eigenvalue weighted by atomic mass is 10.1. The van der Waals surface area contributed by atoms with Gasteiger partial charge in [-0.2, -0.15) is 0 Å². The Hall–Kier alpha value is -3.54. The van der Waals surface area contributed by atoms with Crippen molar-refractivity contribution < 1.29 is 52.3 Å². The smallest absolute Gasteiger partial charge is 0.458 e. The standard InChI is InChI=1S/C28H43NO11/c1-8-17(4)15-35-27(32)39-23-12-11-21(14-24(23)40-28(33)36-16-18(5)9-2)13-22(29)25(30)37-19(6)20(7)38-26(31)34-10-3/h11-12,14,17-20,22H,8-10,13,15-16,29H2,1-7H3/t17?,18?,19-,20-,22-/m0/s1. The monoisotopic (exact) mass is 569 g/mol. The highest BCUT2D eigenvalue weighted by Gasteiger charge is 2.25. The van der Waals surface area contributed by atoms with Crippen LogP contribution in [0.1, 0.15) is 66.9 Å². The van der Waals surface area contributed by atoms with Crippen LogP contribution in [0.5, 0.6) is 11.5 Å². The minimum Gasteiger partial charge on any atom is -0.458 e. The van der Waals surface area contributed by atoms with Crippen LogP contribution in [-0.4, -0.2) is 62.5 Å². The van der Waals surface area contributed by atoms with E-state index in [4.69, 9.17) is 38.9 Å². The topological polar surface area (TPSA) is 159 Å². The van der Waals surface area contributed by atoms with Crippen LogP contribution in [0.15, 0.2) is 18.2 Å². The van der Waals surface area contributed by atoms with Crippen molar-refractivity contribution in [1.29, 1.82) is 0 Å². The molecule has 0 fully saturated rings. The Kier molecular flexibility index (Phi) is 15.5. The molecule has 0 spiro atoms. The van der Waals surface area contributed by atoms with E-state index in [9.17, 15) is 19.2 Å². The van der Waals surface area contributed by atoms with E-state index < -0.39 is 42.7 Å². The van der Waals surface area contributed by atoms with E-state index in [2.05, 4.69) is 0 Å². The van der Waals surface area contributed by atoms with E-state index in [-0.39, 0.29) is 49.6 Å². The molecule has 12 nitrogen and oxygen atoms in total. The molecule has 1 rings (SSSR count). The lowest BCUT2D eigenvalue weighted by Gasteiger charge is -2.22. The van der Waals surface area contributed by atoms with Gasteiger partial charge in [0.2, 0.25) is 0 Å². The first-order valence-electron chi connectivity index (χ1n) is 13.5. The first kappa shape index (κ1) is 34.5. The predicted molar refractivity (Wildman–Crippen MR) is 144 cm³/mol. The van der Waals surface area contributed by atoms with Gasteiger partial charge >= 0.3 is 24.4 Å². The van der Waals surface area contributed by atoms with Crippen LogP contribution in [0.2, 0.25) is 0 Å². The van der Waals surface area contributed by atoms with Gasteiger partial charge in [-0.25, -0.2) is 14.4 Å². The summed E-state index contributed by atoms with van der Waals surface area (Å²) in [7, 11) is 0. The fourth-order valence-corrected chi connectivity index (χ4v) is 2.84. The summed E-state index contributed by atoms with van der Waals surface area (Å²) >= 11 is 0. The van der Waals surface area contributed by atoms with Gasteiger partial charge in [0.05, 0.1) is 19.8 Å². The maximum absolute atomic E-state index is 12.6. The van der Waals surface area contributed by atoms with Crippen LogP contribution in [-0.2, 0) is 34.9 Å². The van der Waals surface area contributed by atoms with E-state index in [0.29, 0.717) is 5.56 Å². The molecule has 1 aromatic rings. The molecule has 0 heterocycles. The number of benzene rings is 1. The summed E-state index contributed by atoms with van der Waals surface area (Å²) in [6, 6.07) is 3.25. The van der Waals surface area contributed by atoms with E-state index in [1.165, 1.54) is 12.1 Å². The number of carbonyl (C=O) groups is 4. The van der Waals surface area contributed by atoms with Crippen molar-refractivity contribution >= 4 is 24.4 Å². The van der Waals surface area contributed by atoms with Crippen LogP contribution in [0.4, 0.5) is 14.4 Å². The molecular weight excluding hydrogens is 526 g/mol. The molecule has 1 aromatic carbocycles. The molecule has 12 heteroatoms. The molecule has 0 bridgehead atoms. The molecule has 0 saturated heterocycles. The molecule has 2 N–H and O–H groups in total. The Labute approximate surface area is 235 Å². The summed E-state index contributed by atoms with van der Waals surface area (Å²) in [6.45, 7) is 13.0. The van der Waals surface area contributed by atoms with Gasteiger partial charge < -0.3 is 38.9 Å². The third-order valence-electron chi connectivity index (χ3n) is 6.03. The number of hydrogen-bond acceptors (Lipinski definition) is 12. The zero-order valence-corrected chi connectivity index (χ0v) is 24.4. The lowest BCUT2D eigenvalue weighted by molar-refractivity contribution is -0.155. The Morgan fingerprint density at radius 2 is 1.25 bits per heavy atom. The largest absolute Gasteiger partial charge is 0.513 e. The first-order valence-corrected chi connectivity index (χ1v) is 13.5. The summed E-state index contributed by atoms with van der Waals surface area (Å²) in [6.07, 6.45) is -2.76. The quantitative estimate of drug-likeness (QED) is 0.168. The second-order valence-electron chi connectivity index (χ2n) is 9.59. The Morgan fingerprint density at radius 3 is 1.77 bits per heavy atom. The van der Waals surface area contributed by atoms with E-state index in [0.717, 1.165) is 12.8 Å². The van der Waals surface area contributed by atoms with Gasteiger partial charge in [-0.15, -0.1) is 0 Å². The molecule has 0 aliphatic heterocycles. The molecule has 40 heavy (non-hydrogen) atoms. The van der Waals surface area contributed by atoms with Crippen LogP contribution in [0.3, 0.4) is 0 Å². The normalized spacial score (nSPS) is 14.5. The highest BCUT2D eigenvalue weighted by atomic mass is 16.7. The summed E-state index contributed by atoms with van der Waals surface area (Å²) in [4.78, 5) is 48.6. The van der Waals surface area contributed by atoms with Crippen LogP contribution < -0.4 is 15.2 Å². The Bertz CT molecular complexity index is 968. The third-order valence-corrected chi connectivity index (χ3v) is 6.03. The van der Waals surface area contributed by atoms with Crippen molar-refractivity contribution in [3.63, 3.8) is 0 Å². The number of carbonyl (C=O) groups excluding carboxylic acids is 4. The van der Waals surface area contributed by atoms with E-state index in [1.807, 2.05) is 27.7 Å². The Morgan fingerprint density at radius 1 is 0.725 bits per heavy atom. The van der Waals surface area contributed by atoms with Crippen LogP contribution in [0.25, 0.3) is 0 Å². The second-order valence-corrected chi connectivity index (χ2v) is 9.59. The molecule has 2 unspecified atom stereocenters. The molecule has 226 valence electrons. The molecular formula is C28H43NO11. The summed E-state index contributed by atoms with van der Waals surface area (Å²) in [5.41, 5.74) is 6.53. The number of nitrogens with two attached hydrogens (primary N) is 1. The van der Waals surface area contributed by atoms with Crippen LogP contribution >= 0.6 is 0 Å². The van der Waals surface area contributed by atoms with Crippen molar-refractivity contribution in [3.8, 4) is 11.5 Å². The molecule has 0 aromatic heterocycles. The fourth-order valence-electron chi connectivity index (χ4n) is 2.84. The molecule has 0 aliphatic carbocycles. The molecule has 5 atom stereocenters. The minimum atomic E-state index is -1.10. The second kappa shape index (κ2) is 17.9. The van der Waals surface area contributed by atoms with Gasteiger partial charge in [0.1, 0.15) is 18.2 Å². The fraction of sp³-hybridized carbons (Fsp3) is 0.643. The van der Waals surface area contributed by atoms with Gasteiger partial charge in [0.15, 0.2) is 11.5 Å². The highest BCUT2D eigenvalue weighted by Crippen LogP contribution is 2.30. The molecule has 0 radical (unpaired) electrons.